The quantitative estimate of drug-likeness (QED) is 0.767. The molecule has 2 N–H and O–H groups in total. The lowest BCUT2D eigenvalue weighted by Gasteiger charge is -2.20. The standard InChI is InChI=1S/C12H16FN3O2/c1-2-3-7-16(8-11(14)17)12(18)9-5-4-6-10(13)15-9/h4-6H,2-3,7-8H2,1H3,(H2,14,17). The Labute approximate surface area is 105 Å². The fourth-order valence-corrected chi connectivity index (χ4v) is 1.48. The predicted molar refractivity (Wildman–Crippen MR) is 64.2 cm³/mol. The van der Waals surface area contributed by atoms with Crippen molar-refractivity contribution in [2.45, 2.75) is 19.8 Å². The van der Waals surface area contributed by atoms with Gasteiger partial charge in [0, 0.05) is 6.54 Å². The van der Waals surface area contributed by atoms with E-state index in [-0.39, 0.29) is 12.2 Å². The smallest absolute Gasteiger partial charge is 0.273 e. The summed E-state index contributed by atoms with van der Waals surface area (Å²) < 4.78 is 12.9. The highest BCUT2D eigenvalue weighted by molar-refractivity contribution is 5.94. The van der Waals surface area contributed by atoms with Crippen molar-refractivity contribution in [2.24, 2.45) is 5.73 Å². The molecule has 0 aromatic carbocycles. The van der Waals surface area contributed by atoms with E-state index in [1.807, 2.05) is 6.92 Å². The van der Waals surface area contributed by atoms with Crippen molar-refractivity contribution in [3.05, 3.63) is 29.8 Å². The Kier molecular flexibility index (Phi) is 5.23. The normalized spacial score (nSPS) is 10.1. The van der Waals surface area contributed by atoms with Gasteiger partial charge < -0.3 is 10.6 Å². The molecule has 1 rings (SSSR count). The fraction of sp³-hybridized carbons (Fsp3) is 0.417. The Balaban J connectivity index is 2.83. The summed E-state index contributed by atoms with van der Waals surface area (Å²) in [5.74, 6) is -1.81. The van der Waals surface area contributed by atoms with Gasteiger partial charge in [0.2, 0.25) is 11.9 Å². The number of carbonyl (C=O) groups is 2. The Morgan fingerprint density at radius 1 is 1.44 bits per heavy atom. The van der Waals surface area contributed by atoms with Gasteiger partial charge in [-0.1, -0.05) is 19.4 Å². The van der Waals surface area contributed by atoms with Crippen molar-refractivity contribution in [3.8, 4) is 0 Å². The summed E-state index contributed by atoms with van der Waals surface area (Å²) in [7, 11) is 0. The zero-order chi connectivity index (χ0) is 13.5. The molecule has 5 nitrogen and oxygen atoms in total. The molecule has 0 radical (unpaired) electrons. The minimum atomic E-state index is -0.727. The third kappa shape index (κ3) is 4.12. The molecule has 0 saturated carbocycles. The molecular formula is C12H16FN3O2. The summed E-state index contributed by atoms with van der Waals surface area (Å²) in [6.45, 7) is 2.18. The Morgan fingerprint density at radius 2 is 2.17 bits per heavy atom. The third-order valence-electron chi connectivity index (χ3n) is 2.35. The lowest BCUT2D eigenvalue weighted by Crippen LogP contribution is -2.39. The average Bonchev–Trinajstić information content (AvgIpc) is 2.33. The average molecular weight is 253 g/mol. The van der Waals surface area contributed by atoms with E-state index < -0.39 is 17.8 Å². The molecule has 1 aromatic heterocycles. The number of primary amides is 1. The molecule has 0 bridgehead atoms. The van der Waals surface area contributed by atoms with E-state index >= 15 is 0 Å². The molecule has 0 atom stereocenters. The van der Waals surface area contributed by atoms with Crippen LogP contribution in [0.15, 0.2) is 18.2 Å². The molecule has 6 heteroatoms. The minimum Gasteiger partial charge on any atom is -0.368 e. The van der Waals surface area contributed by atoms with Gasteiger partial charge in [-0.05, 0) is 18.6 Å². The van der Waals surface area contributed by atoms with E-state index in [9.17, 15) is 14.0 Å². The van der Waals surface area contributed by atoms with Crippen molar-refractivity contribution in [2.75, 3.05) is 13.1 Å². The van der Waals surface area contributed by atoms with Gasteiger partial charge in [0.05, 0.1) is 6.54 Å². The number of unbranched alkanes of at least 4 members (excludes halogenated alkanes) is 1. The number of hydrogen-bond acceptors (Lipinski definition) is 3. The van der Waals surface area contributed by atoms with Gasteiger partial charge in [0.25, 0.3) is 5.91 Å². The molecule has 0 aliphatic rings. The molecule has 98 valence electrons. The van der Waals surface area contributed by atoms with Gasteiger partial charge >= 0.3 is 0 Å². The largest absolute Gasteiger partial charge is 0.368 e. The SMILES string of the molecule is CCCCN(CC(N)=O)C(=O)c1cccc(F)n1. The van der Waals surface area contributed by atoms with E-state index in [4.69, 9.17) is 5.73 Å². The molecule has 0 aliphatic carbocycles. The summed E-state index contributed by atoms with van der Waals surface area (Å²) in [6, 6.07) is 3.96. The van der Waals surface area contributed by atoms with Crippen molar-refractivity contribution in [1.29, 1.82) is 0 Å². The van der Waals surface area contributed by atoms with Gasteiger partial charge in [0.15, 0.2) is 0 Å². The second-order valence-corrected chi connectivity index (χ2v) is 3.89. The second kappa shape index (κ2) is 6.68. The maximum absolute atomic E-state index is 12.9. The van der Waals surface area contributed by atoms with Gasteiger partial charge in [-0.15, -0.1) is 0 Å². The van der Waals surface area contributed by atoms with Gasteiger partial charge in [-0.3, -0.25) is 9.59 Å². The van der Waals surface area contributed by atoms with Gasteiger partial charge in [0.1, 0.15) is 5.69 Å². The molecule has 0 fully saturated rings. The third-order valence-corrected chi connectivity index (χ3v) is 2.35. The number of hydrogen-bond donors (Lipinski definition) is 1. The first-order valence-electron chi connectivity index (χ1n) is 5.74. The van der Waals surface area contributed by atoms with Crippen molar-refractivity contribution in [3.63, 3.8) is 0 Å². The molecule has 2 amide bonds. The van der Waals surface area contributed by atoms with Crippen LogP contribution in [0.2, 0.25) is 0 Å². The zero-order valence-electron chi connectivity index (χ0n) is 10.2. The summed E-state index contributed by atoms with van der Waals surface area (Å²) in [5.41, 5.74) is 5.06. The Bertz CT molecular complexity index is 437. The van der Waals surface area contributed by atoms with Crippen LogP contribution in [-0.4, -0.2) is 34.8 Å². The van der Waals surface area contributed by atoms with Crippen molar-refractivity contribution < 1.29 is 14.0 Å². The highest BCUT2D eigenvalue weighted by Gasteiger charge is 2.18. The van der Waals surface area contributed by atoms with Crippen LogP contribution in [0.25, 0.3) is 0 Å². The number of carbonyl (C=O) groups excluding carboxylic acids is 2. The molecular weight excluding hydrogens is 237 g/mol. The number of aromatic nitrogens is 1. The zero-order valence-corrected chi connectivity index (χ0v) is 10.2. The van der Waals surface area contributed by atoms with E-state index in [0.717, 1.165) is 18.9 Å². The maximum Gasteiger partial charge on any atom is 0.273 e. The Hall–Kier alpha value is -1.98. The monoisotopic (exact) mass is 253 g/mol. The number of pyridine rings is 1. The first-order chi connectivity index (χ1) is 8.54. The number of amides is 2. The van der Waals surface area contributed by atoms with Crippen molar-refractivity contribution >= 4 is 11.8 Å². The topological polar surface area (TPSA) is 76.3 Å². The van der Waals surface area contributed by atoms with E-state index in [1.165, 1.54) is 17.0 Å². The molecule has 0 unspecified atom stereocenters. The van der Waals surface area contributed by atoms with Crippen LogP contribution in [0.4, 0.5) is 4.39 Å². The summed E-state index contributed by atoms with van der Waals surface area (Å²) in [5, 5.41) is 0. The van der Waals surface area contributed by atoms with Crippen molar-refractivity contribution in [1.82, 2.24) is 9.88 Å². The highest BCUT2D eigenvalue weighted by Crippen LogP contribution is 2.05. The summed E-state index contributed by atoms with van der Waals surface area (Å²) in [4.78, 5) is 27.7. The number of nitrogens with two attached hydrogens (primary N) is 1. The molecule has 1 aromatic rings. The van der Waals surface area contributed by atoms with Crippen LogP contribution in [0.3, 0.4) is 0 Å². The van der Waals surface area contributed by atoms with Crippen LogP contribution in [0.5, 0.6) is 0 Å². The highest BCUT2D eigenvalue weighted by atomic mass is 19.1. The maximum atomic E-state index is 12.9. The molecule has 18 heavy (non-hydrogen) atoms. The van der Waals surface area contributed by atoms with E-state index in [1.54, 1.807) is 0 Å². The molecule has 1 heterocycles. The number of nitrogens with zero attached hydrogens (tertiary/aromatic N) is 2. The lowest BCUT2D eigenvalue weighted by molar-refractivity contribution is -0.118. The predicted octanol–water partition coefficient (Wildman–Crippen LogP) is 0.948. The first kappa shape index (κ1) is 14.1. The van der Waals surface area contributed by atoms with Crippen LogP contribution in [0.1, 0.15) is 30.3 Å². The second-order valence-electron chi connectivity index (χ2n) is 3.89. The molecule has 0 aliphatic heterocycles. The molecule has 0 spiro atoms. The Morgan fingerprint density at radius 3 is 2.72 bits per heavy atom. The minimum absolute atomic E-state index is 0.0210. The van der Waals surface area contributed by atoms with Crippen LogP contribution < -0.4 is 5.73 Å². The number of halogens is 1. The summed E-state index contributed by atoms with van der Waals surface area (Å²) >= 11 is 0. The first-order valence-corrected chi connectivity index (χ1v) is 5.74. The summed E-state index contributed by atoms with van der Waals surface area (Å²) in [6.07, 6.45) is 1.62. The number of rotatable bonds is 6. The molecule has 0 saturated heterocycles. The van der Waals surface area contributed by atoms with Crippen LogP contribution in [0, 0.1) is 5.95 Å². The van der Waals surface area contributed by atoms with E-state index in [2.05, 4.69) is 4.98 Å². The lowest BCUT2D eigenvalue weighted by atomic mass is 10.2. The van der Waals surface area contributed by atoms with Crippen LogP contribution >= 0.6 is 0 Å². The van der Waals surface area contributed by atoms with Gasteiger partial charge in [-0.25, -0.2) is 4.98 Å². The van der Waals surface area contributed by atoms with E-state index in [0.29, 0.717) is 6.54 Å². The van der Waals surface area contributed by atoms with Gasteiger partial charge in [-0.2, -0.15) is 4.39 Å². The van der Waals surface area contributed by atoms with Crippen LogP contribution in [-0.2, 0) is 4.79 Å². The fourth-order valence-electron chi connectivity index (χ4n) is 1.48.